The topological polar surface area (TPSA) is 76.5 Å². The number of nitrogens with zero attached hydrogens (tertiary/aromatic N) is 3. The molecule has 7 nitrogen and oxygen atoms in total. The highest BCUT2D eigenvalue weighted by Gasteiger charge is 2.28. The van der Waals surface area contributed by atoms with Gasteiger partial charge in [-0.25, -0.2) is 0 Å². The Morgan fingerprint density at radius 3 is 2.80 bits per heavy atom. The van der Waals surface area contributed by atoms with Crippen molar-refractivity contribution < 1.29 is 14.3 Å². The third-order valence-corrected chi connectivity index (χ3v) is 6.11. The second-order valence-electron chi connectivity index (χ2n) is 7.78. The van der Waals surface area contributed by atoms with Gasteiger partial charge in [0.2, 0.25) is 0 Å². The molecule has 0 spiro atoms. The number of fused-ring (bicyclic) bond motifs is 2. The average Bonchev–Trinajstić information content (AvgIpc) is 3.08. The van der Waals surface area contributed by atoms with Gasteiger partial charge in [0.15, 0.2) is 6.61 Å². The van der Waals surface area contributed by atoms with Crippen molar-refractivity contribution in [2.45, 2.75) is 18.8 Å². The molecule has 0 atom stereocenters. The number of hydrogen-bond donors (Lipinski definition) is 1. The number of piperidine rings is 1. The molecule has 1 fully saturated rings. The van der Waals surface area contributed by atoms with E-state index in [0.29, 0.717) is 41.0 Å². The zero-order chi connectivity index (χ0) is 20.8. The van der Waals surface area contributed by atoms with Crippen molar-refractivity contribution in [2.75, 3.05) is 25.0 Å². The quantitative estimate of drug-likeness (QED) is 0.682. The molecule has 2 aliphatic heterocycles. The Kier molecular flexibility index (Phi) is 4.62. The lowest BCUT2D eigenvalue weighted by atomic mass is 9.91. The van der Waals surface area contributed by atoms with Crippen LogP contribution in [0.1, 0.15) is 34.8 Å². The van der Waals surface area contributed by atoms with E-state index in [9.17, 15) is 9.59 Å². The van der Waals surface area contributed by atoms with Crippen LogP contribution < -0.4 is 10.1 Å². The molecule has 8 heteroatoms. The van der Waals surface area contributed by atoms with Gasteiger partial charge in [0.05, 0.1) is 16.9 Å². The molecule has 0 unspecified atom stereocenters. The van der Waals surface area contributed by atoms with Crippen molar-refractivity contribution in [3.63, 3.8) is 0 Å². The third-order valence-electron chi connectivity index (χ3n) is 5.87. The van der Waals surface area contributed by atoms with Crippen molar-refractivity contribution in [3.8, 4) is 5.75 Å². The number of aromatic nitrogens is 2. The van der Waals surface area contributed by atoms with Gasteiger partial charge in [-0.1, -0.05) is 11.6 Å². The van der Waals surface area contributed by atoms with Gasteiger partial charge in [-0.3, -0.25) is 14.3 Å². The lowest BCUT2D eigenvalue weighted by molar-refractivity contribution is -0.118. The maximum absolute atomic E-state index is 13.0. The summed E-state index contributed by atoms with van der Waals surface area (Å²) in [5, 5.41) is 9.31. The number of anilines is 1. The fourth-order valence-electron chi connectivity index (χ4n) is 4.31. The van der Waals surface area contributed by atoms with Crippen molar-refractivity contribution in [2.24, 2.45) is 7.05 Å². The summed E-state index contributed by atoms with van der Waals surface area (Å²) in [7, 11) is 1.93. The predicted molar refractivity (Wildman–Crippen MR) is 114 cm³/mol. The van der Waals surface area contributed by atoms with E-state index in [1.807, 2.05) is 34.8 Å². The monoisotopic (exact) mass is 424 g/mol. The summed E-state index contributed by atoms with van der Waals surface area (Å²) in [4.78, 5) is 26.4. The molecule has 3 aromatic rings. The molecule has 30 heavy (non-hydrogen) atoms. The first-order chi connectivity index (χ1) is 14.5. The summed E-state index contributed by atoms with van der Waals surface area (Å²) in [6.07, 6.45) is 1.70. The summed E-state index contributed by atoms with van der Waals surface area (Å²) >= 11 is 6.13. The van der Waals surface area contributed by atoms with E-state index >= 15 is 0 Å². The van der Waals surface area contributed by atoms with Gasteiger partial charge in [-0.05, 0) is 49.2 Å². The summed E-state index contributed by atoms with van der Waals surface area (Å²) in [5.74, 6) is 0.646. The van der Waals surface area contributed by atoms with Crippen molar-refractivity contribution in [1.29, 1.82) is 0 Å². The first-order valence-corrected chi connectivity index (χ1v) is 10.4. The van der Waals surface area contributed by atoms with Crippen LogP contribution in [0.4, 0.5) is 5.69 Å². The average molecular weight is 425 g/mol. The Morgan fingerprint density at radius 2 is 2.00 bits per heavy atom. The minimum absolute atomic E-state index is 0.00220. The number of hydrogen-bond acceptors (Lipinski definition) is 4. The summed E-state index contributed by atoms with van der Waals surface area (Å²) < 4.78 is 7.24. The molecule has 0 saturated carbocycles. The zero-order valence-corrected chi connectivity index (χ0v) is 17.3. The molecule has 0 aliphatic carbocycles. The Hall–Kier alpha value is -3.06. The fraction of sp³-hybridized carbons (Fsp3) is 0.318. The minimum atomic E-state index is -0.211. The summed E-state index contributed by atoms with van der Waals surface area (Å²) in [6, 6.07) is 11.0. The first-order valence-electron chi connectivity index (χ1n) is 9.98. The van der Waals surface area contributed by atoms with E-state index in [-0.39, 0.29) is 18.4 Å². The van der Waals surface area contributed by atoms with Crippen LogP contribution in [0.5, 0.6) is 5.75 Å². The SMILES string of the molecule is Cn1nc(C2CCN(C(=O)c3ccc4c(c3)NC(=O)CO4)CC2)c2ccc(Cl)cc21. The summed E-state index contributed by atoms with van der Waals surface area (Å²) in [5.41, 5.74) is 3.20. The highest BCUT2D eigenvalue weighted by molar-refractivity contribution is 6.31. The van der Waals surface area contributed by atoms with Crippen LogP contribution >= 0.6 is 11.6 Å². The maximum atomic E-state index is 13.0. The lowest BCUT2D eigenvalue weighted by Crippen LogP contribution is -2.38. The van der Waals surface area contributed by atoms with Gasteiger partial charge in [-0.15, -0.1) is 0 Å². The van der Waals surface area contributed by atoms with Crippen LogP contribution in [0.2, 0.25) is 5.02 Å². The molecular weight excluding hydrogens is 404 g/mol. The highest BCUT2D eigenvalue weighted by atomic mass is 35.5. The molecule has 154 valence electrons. The number of benzene rings is 2. The maximum Gasteiger partial charge on any atom is 0.262 e. The second-order valence-corrected chi connectivity index (χ2v) is 8.22. The number of carbonyl (C=O) groups is 2. The van der Waals surface area contributed by atoms with Crippen molar-refractivity contribution >= 4 is 40.0 Å². The Labute approximate surface area is 178 Å². The van der Waals surface area contributed by atoms with Gasteiger partial charge in [0.1, 0.15) is 5.75 Å². The lowest BCUT2D eigenvalue weighted by Gasteiger charge is -2.31. The molecule has 2 amide bonds. The van der Waals surface area contributed by atoms with Gasteiger partial charge in [0, 0.05) is 42.0 Å². The van der Waals surface area contributed by atoms with Gasteiger partial charge >= 0.3 is 0 Å². The standard InChI is InChI=1S/C22H21ClN4O3/c1-26-18-11-15(23)3-4-16(18)21(25-26)13-6-8-27(9-7-13)22(29)14-2-5-19-17(10-14)24-20(28)12-30-19/h2-5,10-11,13H,6-9,12H2,1H3,(H,24,28). The van der Waals surface area contributed by atoms with Gasteiger partial charge in [-0.2, -0.15) is 5.10 Å². The van der Waals surface area contributed by atoms with Crippen LogP contribution in [0, 0.1) is 0 Å². The Bertz CT molecular complexity index is 1160. The molecule has 2 aliphatic rings. The second kappa shape index (κ2) is 7.32. The number of likely N-dealkylation sites (tertiary alicyclic amines) is 1. The number of ether oxygens (including phenoxy) is 1. The normalized spacial score (nSPS) is 16.9. The minimum Gasteiger partial charge on any atom is -0.482 e. The van der Waals surface area contributed by atoms with Crippen molar-refractivity contribution in [1.82, 2.24) is 14.7 Å². The largest absolute Gasteiger partial charge is 0.482 e. The molecule has 2 aromatic carbocycles. The van der Waals surface area contributed by atoms with Crippen LogP contribution in [0.15, 0.2) is 36.4 Å². The summed E-state index contributed by atoms with van der Waals surface area (Å²) in [6.45, 7) is 1.33. The van der Waals surface area contributed by atoms with Gasteiger partial charge < -0.3 is 15.0 Å². The molecule has 1 aromatic heterocycles. The smallest absolute Gasteiger partial charge is 0.262 e. The number of halogens is 1. The molecule has 0 radical (unpaired) electrons. The molecule has 5 rings (SSSR count). The van der Waals surface area contributed by atoms with E-state index in [1.54, 1.807) is 18.2 Å². The van der Waals surface area contributed by atoms with E-state index in [0.717, 1.165) is 29.4 Å². The number of nitrogens with one attached hydrogen (secondary N) is 1. The van der Waals surface area contributed by atoms with Crippen LogP contribution in [-0.4, -0.2) is 46.2 Å². The van der Waals surface area contributed by atoms with Crippen LogP contribution in [0.3, 0.4) is 0 Å². The third kappa shape index (κ3) is 3.29. The molecular formula is C22H21ClN4O3. The van der Waals surface area contributed by atoms with Crippen LogP contribution in [0.25, 0.3) is 10.9 Å². The van der Waals surface area contributed by atoms with E-state index < -0.39 is 0 Å². The Morgan fingerprint density at radius 1 is 1.20 bits per heavy atom. The first kappa shape index (κ1) is 18.9. The van der Waals surface area contributed by atoms with Gasteiger partial charge in [0.25, 0.3) is 11.8 Å². The molecule has 0 bridgehead atoms. The highest BCUT2D eigenvalue weighted by Crippen LogP contribution is 2.34. The number of amides is 2. The number of aryl methyl sites for hydroxylation is 1. The predicted octanol–water partition coefficient (Wildman–Crippen LogP) is 3.58. The Balaban J connectivity index is 1.31. The van der Waals surface area contributed by atoms with E-state index in [4.69, 9.17) is 21.4 Å². The zero-order valence-electron chi connectivity index (χ0n) is 16.5. The van der Waals surface area contributed by atoms with Crippen LogP contribution in [-0.2, 0) is 11.8 Å². The van der Waals surface area contributed by atoms with E-state index in [1.165, 1.54) is 0 Å². The number of rotatable bonds is 2. The van der Waals surface area contributed by atoms with Crippen molar-refractivity contribution in [3.05, 3.63) is 52.7 Å². The number of carbonyl (C=O) groups excluding carboxylic acids is 2. The molecule has 1 N–H and O–H groups in total. The molecule has 1 saturated heterocycles. The fourth-order valence-corrected chi connectivity index (χ4v) is 4.48. The molecule has 3 heterocycles. The van der Waals surface area contributed by atoms with E-state index in [2.05, 4.69) is 5.32 Å².